The molecule has 0 radical (unpaired) electrons. The predicted octanol–water partition coefficient (Wildman–Crippen LogP) is 3.10. The van der Waals surface area contributed by atoms with Crippen LogP contribution in [0.2, 0.25) is 0 Å². The molecule has 0 saturated heterocycles. The van der Waals surface area contributed by atoms with Crippen molar-refractivity contribution in [3.05, 3.63) is 34.8 Å². The molecule has 0 spiro atoms. The number of hydrogen-bond donors (Lipinski definition) is 1. The highest BCUT2D eigenvalue weighted by atomic mass is 19.3. The maximum Gasteiger partial charge on any atom is 0.292 e. The topological polar surface area (TPSA) is 62.9 Å². The van der Waals surface area contributed by atoms with Crippen LogP contribution in [0.4, 0.5) is 17.6 Å². The number of rotatable bonds is 2. The van der Waals surface area contributed by atoms with Gasteiger partial charge < -0.3 is 4.42 Å². The molecule has 2 aromatic rings. The van der Waals surface area contributed by atoms with Gasteiger partial charge in [0.1, 0.15) is 11.9 Å². The molecule has 1 aromatic heterocycles. The van der Waals surface area contributed by atoms with Gasteiger partial charge in [0.25, 0.3) is 12.2 Å². The van der Waals surface area contributed by atoms with Crippen molar-refractivity contribution in [1.82, 2.24) is 0 Å². The summed E-state index contributed by atoms with van der Waals surface area (Å²) < 4.78 is 57.1. The third kappa shape index (κ3) is 1.94. The summed E-state index contributed by atoms with van der Waals surface area (Å²) in [5.74, 6) is -5.05. The van der Waals surface area contributed by atoms with Crippen LogP contribution in [-0.4, -0.2) is 6.43 Å². The summed E-state index contributed by atoms with van der Waals surface area (Å²) in [4.78, 5) is 0. The van der Waals surface area contributed by atoms with Crippen LogP contribution in [-0.2, 0) is 5.79 Å². The first-order chi connectivity index (χ1) is 8.78. The summed E-state index contributed by atoms with van der Waals surface area (Å²) in [6, 6.07) is 3.49. The standard InChI is InChI=1S/C12H8F4N2O/c1-5-8-3-7(13)2-6(4-17)9(8)19-10(5)12(16,18)11(14)15/h2-3,11H,18H2,1H3. The second kappa shape index (κ2) is 4.24. The third-order valence-electron chi connectivity index (χ3n) is 2.79. The average molecular weight is 272 g/mol. The Hall–Kier alpha value is -2.07. The minimum absolute atomic E-state index is 0.0414. The summed E-state index contributed by atoms with van der Waals surface area (Å²) >= 11 is 0. The molecule has 7 heteroatoms. The predicted molar refractivity (Wildman–Crippen MR) is 58.6 cm³/mol. The number of alkyl halides is 3. The van der Waals surface area contributed by atoms with Crippen molar-refractivity contribution in [1.29, 1.82) is 5.26 Å². The molecule has 0 aliphatic carbocycles. The number of furan rings is 1. The molecule has 19 heavy (non-hydrogen) atoms. The molecular weight excluding hydrogens is 264 g/mol. The van der Waals surface area contributed by atoms with E-state index < -0.39 is 23.8 Å². The van der Waals surface area contributed by atoms with Crippen molar-refractivity contribution >= 4 is 11.0 Å². The Bertz CT molecular complexity index is 685. The highest BCUT2D eigenvalue weighted by Gasteiger charge is 2.43. The second-order valence-electron chi connectivity index (χ2n) is 4.07. The number of halogens is 4. The zero-order valence-electron chi connectivity index (χ0n) is 9.68. The van der Waals surface area contributed by atoms with Crippen molar-refractivity contribution in [3.8, 4) is 6.07 Å². The Balaban J connectivity index is 2.81. The third-order valence-corrected chi connectivity index (χ3v) is 2.79. The van der Waals surface area contributed by atoms with E-state index in [0.29, 0.717) is 0 Å². The highest BCUT2D eigenvalue weighted by molar-refractivity contribution is 5.87. The Kier molecular flexibility index (Phi) is 2.98. The zero-order chi connectivity index (χ0) is 14.4. The van der Waals surface area contributed by atoms with Gasteiger partial charge in [0.2, 0.25) is 0 Å². The van der Waals surface area contributed by atoms with Gasteiger partial charge >= 0.3 is 0 Å². The summed E-state index contributed by atoms with van der Waals surface area (Å²) in [5.41, 5.74) is 4.45. The van der Waals surface area contributed by atoms with Crippen LogP contribution >= 0.6 is 0 Å². The van der Waals surface area contributed by atoms with Crippen LogP contribution in [0.1, 0.15) is 16.9 Å². The molecule has 0 aliphatic rings. The number of nitrogens with two attached hydrogens (primary N) is 1. The van der Waals surface area contributed by atoms with Crippen molar-refractivity contribution < 1.29 is 22.0 Å². The van der Waals surface area contributed by atoms with Gasteiger partial charge in [-0.2, -0.15) is 5.26 Å². The maximum absolute atomic E-state index is 13.7. The first kappa shape index (κ1) is 13.4. The van der Waals surface area contributed by atoms with Crippen molar-refractivity contribution in [2.45, 2.75) is 19.1 Å². The van der Waals surface area contributed by atoms with Crippen LogP contribution in [0.3, 0.4) is 0 Å². The molecule has 0 bridgehead atoms. The Morgan fingerprint density at radius 1 is 1.42 bits per heavy atom. The van der Waals surface area contributed by atoms with Gasteiger partial charge in [-0.15, -0.1) is 0 Å². The SMILES string of the molecule is Cc1c(C(N)(F)C(F)F)oc2c(C#N)cc(F)cc12. The van der Waals surface area contributed by atoms with Crippen LogP contribution < -0.4 is 5.73 Å². The molecule has 1 unspecified atom stereocenters. The molecule has 0 fully saturated rings. The quantitative estimate of drug-likeness (QED) is 0.675. The van der Waals surface area contributed by atoms with Crippen molar-refractivity contribution in [3.63, 3.8) is 0 Å². The smallest absolute Gasteiger partial charge is 0.292 e. The van der Waals surface area contributed by atoms with Gasteiger partial charge in [0.05, 0.1) is 5.56 Å². The lowest BCUT2D eigenvalue weighted by Crippen LogP contribution is -2.39. The van der Waals surface area contributed by atoms with Gasteiger partial charge in [0, 0.05) is 10.9 Å². The second-order valence-corrected chi connectivity index (χ2v) is 4.07. The first-order valence-corrected chi connectivity index (χ1v) is 5.18. The van der Waals surface area contributed by atoms with Crippen LogP contribution in [0.15, 0.2) is 16.5 Å². The number of fused-ring (bicyclic) bond motifs is 1. The molecule has 2 N–H and O–H groups in total. The van der Waals surface area contributed by atoms with Crippen LogP contribution in [0.25, 0.3) is 11.0 Å². The Labute approximate surface area is 105 Å². The first-order valence-electron chi connectivity index (χ1n) is 5.18. The number of benzene rings is 1. The van der Waals surface area contributed by atoms with E-state index in [1.54, 1.807) is 6.07 Å². The fourth-order valence-electron chi connectivity index (χ4n) is 1.83. The summed E-state index contributed by atoms with van der Waals surface area (Å²) in [6.07, 6.45) is -3.51. The van der Waals surface area contributed by atoms with Gasteiger partial charge in [-0.25, -0.2) is 17.6 Å². The highest BCUT2D eigenvalue weighted by Crippen LogP contribution is 2.37. The number of aryl methyl sites for hydroxylation is 1. The lowest BCUT2D eigenvalue weighted by atomic mass is 10.1. The largest absolute Gasteiger partial charge is 0.454 e. The average Bonchev–Trinajstić information content (AvgIpc) is 2.66. The number of hydrogen-bond acceptors (Lipinski definition) is 3. The molecule has 3 nitrogen and oxygen atoms in total. The zero-order valence-corrected chi connectivity index (χ0v) is 9.68. The molecule has 0 saturated carbocycles. The Morgan fingerprint density at radius 2 is 2.05 bits per heavy atom. The summed E-state index contributed by atoms with van der Waals surface area (Å²) in [7, 11) is 0. The van der Waals surface area contributed by atoms with Gasteiger partial charge in [-0.3, -0.25) is 5.73 Å². The monoisotopic (exact) mass is 272 g/mol. The molecule has 0 amide bonds. The lowest BCUT2D eigenvalue weighted by molar-refractivity contribution is -0.0479. The van der Waals surface area contributed by atoms with Gasteiger partial charge in [-0.1, -0.05) is 0 Å². The minimum Gasteiger partial charge on any atom is -0.454 e. The van der Waals surface area contributed by atoms with Crippen LogP contribution in [0, 0.1) is 24.1 Å². The molecule has 100 valence electrons. The summed E-state index contributed by atoms with van der Waals surface area (Å²) in [6.45, 7) is 1.27. The normalized spacial score (nSPS) is 14.6. The van der Waals surface area contributed by atoms with E-state index in [1.807, 2.05) is 0 Å². The van der Waals surface area contributed by atoms with E-state index in [4.69, 9.17) is 15.4 Å². The van der Waals surface area contributed by atoms with Gasteiger partial charge in [-0.05, 0) is 19.1 Å². The lowest BCUT2D eigenvalue weighted by Gasteiger charge is -2.17. The van der Waals surface area contributed by atoms with E-state index in [2.05, 4.69) is 0 Å². The van der Waals surface area contributed by atoms with Gasteiger partial charge in [0.15, 0.2) is 11.3 Å². The molecule has 1 aromatic carbocycles. The van der Waals surface area contributed by atoms with E-state index in [-0.39, 0.29) is 22.1 Å². The number of nitriles is 1. The van der Waals surface area contributed by atoms with Crippen LogP contribution in [0.5, 0.6) is 0 Å². The summed E-state index contributed by atoms with van der Waals surface area (Å²) in [5, 5.41) is 8.86. The van der Waals surface area contributed by atoms with Crippen molar-refractivity contribution in [2.24, 2.45) is 5.73 Å². The minimum atomic E-state index is -3.51. The number of nitrogens with zero attached hydrogens (tertiary/aromatic N) is 1. The molecule has 0 aliphatic heterocycles. The van der Waals surface area contributed by atoms with E-state index >= 15 is 0 Å². The van der Waals surface area contributed by atoms with E-state index in [1.165, 1.54) is 6.92 Å². The molecular formula is C12H8F4N2O. The van der Waals surface area contributed by atoms with E-state index in [9.17, 15) is 17.6 Å². The molecule has 2 rings (SSSR count). The molecule has 1 heterocycles. The Morgan fingerprint density at radius 3 is 2.58 bits per heavy atom. The van der Waals surface area contributed by atoms with Crippen molar-refractivity contribution in [2.75, 3.05) is 0 Å². The fourth-order valence-corrected chi connectivity index (χ4v) is 1.83. The molecule has 1 atom stereocenters. The van der Waals surface area contributed by atoms with E-state index in [0.717, 1.165) is 12.1 Å². The fraction of sp³-hybridized carbons (Fsp3) is 0.250. The maximum atomic E-state index is 13.7.